The van der Waals surface area contributed by atoms with Gasteiger partial charge in [-0.1, -0.05) is 24.3 Å². The summed E-state index contributed by atoms with van der Waals surface area (Å²) in [5, 5.41) is 6.67. The van der Waals surface area contributed by atoms with Gasteiger partial charge in [-0.05, 0) is 44.6 Å². The Bertz CT molecular complexity index is 785. The second-order valence-corrected chi connectivity index (χ2v) is 8.93. The lowest BCUT2D eigenvalue weighted by molar-refractivity contribution is 0.269. The lowest BCUT2D eigenvalue weighted by Crippen LogP contribution is -2.38. The van der Waals surface area contributed by atoms with E-state index < -0.39 is 0 Å². The monoisotopic (exact) mass is 414 g/mol. The summed E-state index contributed by atoms with van der Waals surface area (Å²) in [6.45, 7) is 9.31. The zero-order valence-electron chi connectivity index (χ0n) is 18.2. The number of hydrogen-bond acceptors (Lipinski definition) is 5. The first kappa shape index (κ1) is 21.7. The van der Waals surface area contributed by atoms with Crippen molar-refractivity contribution in [2.45, 2.75) is 33.0 Å². The van der Waals surface area contributed by atoms with Crippen molar-refractivity contribution in [1.82, 2.24) is 25.0 Å². The average Bonchev–Trinajstić information content (AvgIpc) is 3.00. The molecule has 1 aromatic carbocycles. The van der Waals surface area contributed by atoms with Crippen molar-refractivity contribution < 1.29 is 0 Å². The van der Waals surface area contributed by atoms with Crippen LogP contribution in [0.25, 0.3) is 0 Å². The molecule has 0 saturated carbocycles. The highest BCUT2D eigenvalue weighted by molar-refractivity contribution is 7.09. The van der Waals surface area contributed by atoms with E-state index >= 15 is 0 Å². The molecule has 0 bridgehead atoms. The number of likely N-dealkylation sites (N-methyl/N-ethyl adjacent to an activating group) is 1. The predicted molar refractivity (Wildman–Crippen MR) is 122 cm³/mol. The molecule has 2 heterocycles. The third-order valence-corrected chi connectivity index (χ3v) is 6.15. The van der Waals surface area contributed by atoms with Crippen LogP contribution in [0.3, 0.4) is 0 Å². The molecule has 3 rings (SSSR count). The molecule has 0 amide bonds. The van der Waals surface area contributed by atoms with Gasteiger partial charge < -0.3 is 15.1 Å². The molecule has 7 heteroatoms. The molecule has 0 radical (unpaired) electrons. The van der Waals surface area contributed by atoms with Crippen molar-refractivity contribution in [1.29, 1.82) is 0 Å². The summed E-state index contributed by atoms with van der Waals surface area (Å²) < 4.78 is 0. The average molecular weight is 415 g/mol. The van der Waals surface area contributed by atoms with Gasteiger partial charge >= 0.3 is 0 Å². The number of nitrogens with zero attached hydrogens (tertiary/aromatic N) is 5. The minimum absolute atomic E-state index is 0.758. The van der Waals surface area contributed by atoms with Gasteiger partial charge in [0.25, 0.3) is 0 Å². The van der Waals surface area contributed by atoms with Crippen molar-refractivity contribution in [3.05, 3.63) is 51.5 Å². The topological polar surface area (TPSA) is 47.0 Å². The van der Waals surface area contributed by atoms with Crippen molar-refractivity contribution in [2.75, 3.05) is 47.3 Å². The van der Waals surface area contributed by atoms with Gasteiger partial charge in [0.1, 0.15) is 0 Å². The number of guanidine groups is 1. The molecular weight excluding hydrogens is 380 g/mol. The van der Waals surface area contributed by atoms with Gasteiger partial charge in [-0.25, -0.2) is 4.98 Å². The quantitative estimate of drug-likeness (QED) is 0.582. The molecule has 0 aliphatic carbocycles. The standard InChI is InChI=1S/C22H34N6S/c1-18-25-21(17-29-18)16-27(4)22(23-2)24-14-19-6-8-20(9-7-19)15-28-11-5-10-26(3)12-13-28/h6-9,17H,5,10-16H2,1-4H3,(H,23,24). The highest BCUT2D eigenvalue weighted by Gasteiger charge is 2.12. The second kappa shape index (κ2) is 10.7. The molecule has 1 aliphatic rings. The van der Waals surface area contributed by atoms with Gasteiger partial charge in [0.15, 0.2) is 5.96 Å². The van der Waals surface area contributed by atoms with Crippen molar-refractivity contribution >= 4 is 17.3 Å². The summed E-state index contributed by atoms with van der Waals surface area (Å²) in [5.74, 6) is 0.883. The number of rotatable bonds is 6. The molecule has 158 valence electrons. The molecule has 29 heavy (non-hydrogen) atoms. The van der Waals surface area contributed by atoms with E-state index in [2.05, 4.69) is 66.7 Å². The number of thiazole rings is 1. The van der Waals surface area contributed by atoms with Gasteiger partial charge in [-0.3, -0.25) is 9.89 Å². The van der Waals surface area contributed by atoms with Crippen molar-refractivity contribution in [3.8, 4) is 0 Å². The van der Waals surface area contributed by atoms with Crippen LogP contribution in [0.5, 0.6) is 0 Å². The Labute approximate surface area is 179 Å². The number of benzene rings is 1. The molecule has 1 aliphatic heterocycles. The van der Waals surface area contributed by atoms with E-state index in [1.54, 1.807) is 11.3 Å². The van der Waals surface area contributed by atoms with Crippen molar-refractivity contribution in [2.24, 2.45) is 4.99 Å². The predicted octanol–water partition coefficient (Wildman–Crippen LogP) is 2.80. The molecule has 0 unspecified atom stereocenters. The Hall–Kier alpha value is -1.96. The fourth-order valence-corrected chi connectivity index (χ4v) is 4.25. The fourth-order valence-electron chi connectivity index (χ4n) is 3.64. The first-order chi connectivity index (χ1) is 14.0. The van der Waals surface area contributed by atoms with Crippen LogP contribution in [-0.4, -0.2) is 73.0 Å². The summed E-state index contributed by atoms with van der Waals surface area (Å²) in [4.78, 5) is 16.1. The van der Waals surface area contributed by atoms with E-state index in [1.165, 1.54) is 30.6 Å². The van der Waals surface area contributed by atoms with Crippen LogP contribution in [0.15, 0.2) is 34.6 Å². The largest absolute Gasteiger partial charge is 0.352 e. The molecule has 2 aromatic rings. The minimum atomic E-state index is 0.758. The highest BCUT2D eigenvalue weighted by atomic mass is 32.1. The van der Waals surface area contributed by atoms with Gasteiger partial charge in [-0.15, -0.1) is 11.3 Å². The third kappa shape index (κ3) is 6.80. The Kier molecular flexibility index (Phi) is 8.03. The number of aliphatic imine (C=N–C) groups is 1. The number of aromatic nitrogens is 1. The third-order valence-electron chi connectivity index (χ3n) is 5.33. The van der Waals surface area contributed by atoms with Gasteiger partial charge in [0, 0.05) is 45.7 Å². The van der Waals surface area contributed by atoms with Gasteiger partial charge in [-0.2, -0.15) is 0 Å². The van der Waals surface area contributed by atoms with E-state index in [0.29, 0.717) is 0 Å². The smallest absolute Gasteiger partial charge is 0.194 e. The Balaban J connectivity index is 1.48. The fraction of sp³-hybridized carbons (Fsp3) is 0.545. The van der Waals surface area contributed by atoms with Crippen molar-refractivity contribution in [3.63, 3.8) is 0 Å². The molecule has 0 atom stereocenters. The molecule has 1 fully saturated rings. The normalized spacial score (nSPS) is 16.6. The lowest BCUT2D eigenvalue weighted by Gasteiger charge is -2.22. The van der Waals surface area contributed by atoms with Crippen LogP contribution in [0, 0.1) is 6.92 Å². The molecule has 0 spiro atoms. The van der Waals surface area contributed by atoms with Crippen LogP contribution in [0.4, 0.5) is 0 Å². The minimum Gasteiger partial charge on any atom is -0.352 e. The molecule has 6 nitrogen and oxygen atoms in total. The highest BCUT2D eigenvalue weighted by Crippen LogP contribution is 2.12. The first-order valence-corrected chi connectivity index (χ1v) is 11.2. The molecular formula is C22H34N6S. The van der Waals surface area contributed by atoms with E-state index in [9.17, 15) is 0 Å². The number of nitrogens with one attached hydrogen (secondary N) is 1. The summed E-state index contributed by atoms with van der Waals surface area (Å²) >= 11 is 1.69. The Morgan fingerprint density at radius 3 is 2.62 bits per heavy atom. The van der Waals surface area contributed by atoms with E-state index in [-0.39, 0.29) is 0 Å². The first-order valence-electron chi connectivity index (χ1n) is 10.3. The molecule has 1 N–H and O–H groups in total. The van der Waals surface area contributed by atoms with Crippen LogP contribution >= 0.6 is 11.3 Å². The number of aryl methyl sites for hydroxylation is 1. The number of hydrogen-bond donors (Lipinski definition) is 1. The summed E-state index contributed by atoms with van der Waals surface area (Å²) in [6, 6.07) is 8.97. The lowest BCUT2D eigenvalue weighted by atomic mass is 10.1. The second-order valence-electron chi connectivity index (χ2n) is 7.86. The Morgan fingerprint density at radius 1 is 1.17 bits per heavy atom. The van der Waals surface area contributed by atoms with Crippen LogP contribution in [0.1, 0.15) is 28.2 Å². The zero-order chi connectivity index (χ0) is 20.6. The maximum absolute atomic E-state index is 4.54. The maximum atomic E-state index is 4.54. The van der Waals surface area contributed by atoms with Crippen LogP contribution < -0.4 is 5.32 Å². The van der Waals surface area contributed by atoms with E-state index in [4.69, 9.17) is 0 Å². The van der Waals surface area contributed by atoms with E-state index in [0.717, 1.165) is 49.4 Å². The Morgan fingerprint density at radius 2 is 1.93 bits per heavy atom. The summed E-state index contributed by atoms with van der Waals surface area (Å²) in [6.07, 6.45) is 1.26. The van der Waals surface area contributed by atoms with Crippen LogP contribution in [-0.2, 0) is 19.6 Å². The van der Waals surface area contributed by atoms with Gasteiger partial charge in [0.2, 0.25) is 0 Å². The molecule has 1 saturated heterocycles. The summed E-state index contributed by atoms with van der Waals surface area (Å²) in [7, 11) is 6.09. The molecule has 1 aromatic heterocycles. The summed E-state index contributed by atoms with van der Waals surface area (Å²) in [5.41, 5.74) is 3.74. The van der Waals surface area contributed by atoms with Gasteiger partial charge in [0.05, 0.1) is 17.2 Å². The SMILES string of the molecule is CN=C(NCc1ccc(CN2CCCN(C)CC2)cc1)N(C)Cc1csc(C)n1. The van der Waals surface area contributed by atoms with Crippen LogP contribution in [0.2, 0.25) is 0 Å². The maximum Gasteiger partial charge on any atom is 0.194 e. The zero-order valence-corrected chi connectivity index (χ0v) is 19.0. The van der Waals surface area contributed by atoms with E-state index in [1.807, 2.05) is 21.0 Å².